The van der Waals surface area contributed by atoms with E-state index in [0.29, 0.717) is 13.2 Å². The van der Waals surface area contributed by atoms with Crippen LogP contribution in [-0.2, 0) is 14.8 Å². The van der Waals surface area contributed by atoms with Crippen molar-refractivity contribution < 1.29 is 13.2 Å². The zero-order valence-corrected chi connectivity index (χ0v) is 9.32. The fourth-order valence-electron chi connectivity index (χ4n) is 1.23. The maximum atomic E-state index is 11.3. The van der Waals surface area contributed by atoms with Crippen LogP contribution in [0.15, 0.2) is 0 Å². The molecule has 1 aliphatic heterocycles. The van der Waals surface area contributed by atoms with Crippen molar-refractivity contribution in [3.05, 3.63) is 0 Å². The van der Waals surface area contributed by atoms with Crippen LogP contribution in [-0.4, -0.2) is 50.0 Å². The Morgan fingerprint density at radius 2 is 2.23 bits per heavy atom. The molecule has 0 bridgehead atoms. The van der Waals surface area contributed by atoms with Gasteiger partial charge in [-0.3, -0.25) is 0 Å². The normalized spacial score (nSPS) is 31.9. The first-order chi connectivity index (χ1) is 5.90. The largest absolute Gasteiger partial charge is 0.376 e. The van der Waals surface area contributed by atoms with E-state index in [1.165, 1.54) is 16.1 Å². The van der Waals surface area contributed by atoms with Crippen molar-refractivity contribution in [1.29, 1.82) is 0 Å². The van der Waals surface area contributed by atoms with E-state index in [9.17, 15) is 8.42 Å². The van der Waals surface area contributed by atoms with Crippen molar-refractivity contribution in [2.75, 3.05) is 32.3 Å². The number of hydrogen-bond donors (Lipinski definition) is 1. The average molecular weight is 226 g/mol. The van der Waals surface area contributed by atoms with E-state index < -0.39 is 15.0 Å². The summed E-state index contributed by atoms with van der Waals surface area (Å²) in [4.78, 5) is -0.939. The Kier molecular flexibility index (Phi) is 3.24. The van der Waals surface area contributed by atoms with Gasteiger partial charge in [0.2, 0.25) is 10.0 Å². The molecule has 1 unspecified atom stereocenters. The van der Waals surface area contributed by atoms with E-state index in [1.807, 2.05) is 0 Å². The third kappa shape index (κ3) is 2.35. The molecule has 13 heavy (non-hydrogen) atoms. The molecule has 0 amide bonds. The second kappa shape index (κ2) is 3.74. The van der Waals surface area contributed by atoms with Crippen LogP contribution in [0.25, 0.3) is 0 Å². The SMILES string of the molecule is CSC1(N)COCCN1S(C)(=O)=O. The topological polar surface area (TPSA) is 72.6 Å². The lowest BCUT2D eigenvalue weighted by Crippen LogP contribution is -2.62. The van der Waals surface area contributed by atoms with Gasteiger partial charge < -0.3 is 10.5 Å². The van der Waals surface area contributed by atoms with Gasteiger partial charge in [-0.1, -0.05) is 0 Å². The molecule has 2 N–H and O–H groups in total. The van der Waals surface area contributed by atoms with Crippen molar-refractivity contribution >= 4 is 21.8 Å². The average Bonchev–Trinajstić information content (AvgIpc) is 2.03. The first-order valence-electron chi connectivity index (χ1n) is 3.80. The predicted molar refractivity (Wildman–Crippen MR) is 52.8 cm³/mol. The van der Waals surface area contributed by atoms with Crippen molar-refractivity contribution in [1.82, 2.24) is 4.31 Å². The molecule has 1 atom stereocenters. The molecule has 1 aliphatic rings. The highest BCUT2D eigenvalue weighted by Gasteiger charge is 2.40. The van der Waals surface area contributed by atoms with E-state index in [0.717, 1.165) is 6.26 Å². The summed E-state index contributed by atoms with van der Waals surface area (Å²) >= 11 is 1.28. The molecule has 0 aliphatic carbocycles. The van der Waals surface area contributed by atoms with Gasteiger partial charge in [-0.05, 0) is 6.26 Å². The molecule has 1 saturated heterocycles. The minimum Gasteiger partial charge on any atom is -0.376 e. The summed E-state index contributed by atoms with van der Waals surface area (Å²) in [5.74, 6) is 0. The quantitative estimate of drug-likeness (QED) is 0.627. The van der Waals surface area contributed by atoms with E-state index in [2.05, 4.69) is 0 Å². The van der Waals surface area contributed by atoms with Crippen LogP contribution in [0.3, 0.4) is 0 Å². The lowest BCUT2D eigenvalue weighted by atomic mass is 10.4. The van der Waals surface area contributed by atoms with Gasteiger partial charge in [-0.25, -0.2) is 8.42 Å². The maximum absolute atomic E-state index is 11.3. The third-order valence-corrected chi connectivity index (χ3v) is 4.39. The number of nitrogens with two attached hydrogens (primary N) is 1. The standard InChI is InChI=1S/C6H14N2O3S2/c1-12-6(7)5-11-4-3-8(6)13(2,9)10/h3-5,7H2,1-2H3. The zero-order valence-electron chi connectivity index (χ0n) is 7.69. The molecular weight excluding hydrogens is 212 g/mol. The van der Waals surface area contributed by atoms with E-state index in [1.54, 1.807) is 6.26 Å². The number of morpholine rings is 1. The summed E-state index contributed by atoms with van der Waals surface area (Å²) in [6.45, 7) is 0.976. The fourth-order valence-corrected chi connectivity index (χ4v) is 3.38. The van der Waals surface area contributed by atoms with E-state index in [4.69, 9.17) is 10.5 Å². The number of nitrogens with zero attached hydrogens (tertiary/aromatic N) is 1. The maximum Gasteiger partial charge on any atom is 0.213 e. The molecule has 5 nitrogen and oxygen atoms in total. The predicted octanol–water partition coefficient (Wildman–Crippen LogP) is -0.746. The van der Waals surface area contributed by atoms with Gasteiger partial charge in [0.1, 0.15) is 0 Å². The van der Waals surface area contributed by atoms with Gasteiger partial charge in [0.25, 0.3) is 0 Å². The molecule has 0 spiro atoms. The third-order valence-electron chi connectivity index (χ3n) is 1.92. The van der Waals surface area contributed by atoms with Crippen LogP contribution in [0.4, 0.5) is 0 Å². The monoisotopic (exact) mass is 226 g/mol. The summed E-state index contributed by atoms with van der Waals surface area (Å²) in [6.07, 6.45) is 2.93. The molecule has 1 rings (SSSR count). The second-order valence-electron chi connectivity index (χ2n) is 2.94. The minimum atomic E-state index is -3.24. The highest BCUT2D eigenvalue weighted by molar-refractivity contribution is 8.00. The molecule has 0 saturated carbocycles. The number of hydrogen-bond acceptors (Lipinski definition) is 5. The summed E-state index contributed by atoms with van der Waals surface area (Å²) < 4.78 is 29.1. The van der Waals surface area contributed by atoms with Gasteiger partial charge in [-0.2, -0.15) is 4.31 Å². The molecular formula is C6H14N2O3S2. The lowest BCUT2D eigenvalue weighted by Gasteiger charge is -2.40. The molecule has 78 valence electrons. The minimum absolute atomic E-state index is 0.237. The Hall–Kier alpha value is 0.180. The van der Waals surface area contributed by atoms with Crippen LogP contribution in [0, 0.1) is 0 Å². The van der Waals surface area contributed by atoms with Crippen LogP contribution >= 0.6 is 11.8 Å². The molecule has 7 heteroatoms. The Morgan fingerprint density at radius 1 is 1.62 bits per heavy atom. The number of rotatable bonds is 2. The molecule has 0 aromatic carbocycles. The second-order valence-corrected chi connectivity index (χ2v) is 5.96. The first kappa shape index (κ1) is 11.3. The number of sulfonamides is 1. The van der Waals surface area contributed by atoms with Crippen molar-refractivity contribution in [3.8, 4) is 0 Å². The van der Waals surface area contributed by atoms with Crippen molar-refractivity contribution in [2.24, 2.45) is 5.73 Å². The van der Waals surface area contributed by atoms with Crippen molar-refractivity contribution in [2.45, 2.75) is 4.99 Å². The Labute approximate surface area is 82.7 Å². The number of thioether (sulfide) groups is 1. The van der Waals surface area contributed by atoms with Crippen LogP contribution in [0.1, 0.15) is 0 Å². The number of ether oxygens (including phenoxy) is 1. The smallest absolute Gasteiger partial charge is 0.213 e. The van der Waals surface area contributed by atoms with Gasteiger partial charge in [0.15, 0.2) is 4.99 Å². The van der Waals surface area contributed by atoms with Gasteiger partial charge >= 0.3 is 0 Å². The first-order valence-corrected chi connectivity index (χ1v) is 6.87. The lowest BCUT2D eigenvalue weighted by molar-refractivity contribution is 0.0205. The Bertz CT molecular complexity index is 280. The summed E-state index contributed by atoms with van der Waals surface area (Å²) in [5, 5.41) is 0. The summed E-state index contributed by atoms with van der Waals surface area (Å²) in [7, 11) is -3.24. The Balaban J connectivity index is 2.92. The van der Waals surface area contributed by atoms with E-state index in [-0.39, 0.29) is 6.61 Å². The molecule has 1 fully saturated rings. The molecule has 0 radical (unpaired) electrons. The molecule has 1 heterocycles. The van der Waals surface area contributed by atoms with Crippen LogP contribution < -0.4 is 5.73 Å². The van der Waals surface area contributed by atoms with Crippen molar-refractivity contribution in [3.63, 3.8) is 0 Å². The summed E-state index contributed by atoms with van der Waals surface area (Å²) in [5.41, 5.74) is 5.87. The highest BCUT2D eigenvalue weighted by atomic mass is 32.2. The molecule has 0 aromatic heterocycles. The highest BCUT2D eigenvalue weighted by Crippen LogP contribution is 2.26. The van der Waals surface area contributed by atoms with Gasteiger partial charge in [0, 0.05) is 6.54 Å². The fraction of sp³-hybridized carbons (Fsp3) is 1.00. The molecule has 0 aromatic rings. The van der Waals surface area contributed by atoms with Gasteiger partial charge in [-0.15, -0.1) is 11.8 Å². The van der Waals surface area contributed by atoms with Crippen LogP contribution in [0.5, 0.6) is 0 Å². The Morgan fingerprint density at radius 3 is 2.62 bits per heavy atom. The van der Waals surface area contributed by atoms with E-state index >= 15 is 0 Å². The zero-order chi connectivity index (χ0) is 10.1. The van der Waals surface area contributed by atoms with Crippen LogP contribution in [0.2, 0.25) is 0 Å². The summed E-state index contributed by atoms with van der Waals surface area (Å²) in [6, 6.07) is 0. The van der Waals surface area contributed by atoms with Gasteiger partial charge in [0.05, 0.1) is 19.5 Å².